The van der Waals surface area contributed by atoms with Crippen LogP contribution < -0.4 is 9.47 Å². The summed E-state index contributed by atoms with van der Waals surface area (Å²) < 4.78 is 25.4. The van der Waals surface area contributed by atoms with Crippen LogP contribution >= 0.6 is 0 Å². The normalized spacial score (nSPS) is 11.5. The molecular formula is C22H28O8. The van der Waals surface area contributed by atoms with Crippen LogP contribution in [0.5, 0.6) is 11.5 Å². The van der Waals surface area contributed by atoms with Gasteiger partial charge in [0.25, 0.3) is 0 Å². The zero-order chi connectivity index (χ0) is 22.5. The third-order valence-corrected chi connectivity index (χ3v) is 3.89. The first kappa shape index (κ1) is 24.7. The zero-order valence-corrected chi connectivity index (χ0v) is 17.8. The Balaban J connectivity index is 2.72. The number of carbonyl (C=O) groups excluding carboxylic acids is 3. The van der Waals surface area contributed by atoms with Crippen molar-refractivity contribution in [2.45, 2.75) is 39.2 Å². The molecule has 0 aliphatic heterocycles. The second-order valence-electron chi connectivity index (χ2n) is 6.35. The van der Waals surface area contributed by atoms with Crippen LogP contribution in [0.4, 0.5) is 4.79 Å². The Morgan fingerprint density at radius 1 is 1.13 bits per heavy atom. The topological polar surface area (TPSA) is 97.4 Å². The number of hydrogen-bond donors (Lipinski definition) is 0. The minimum absolute atomic E-state index is 0.105. The van der Waals surface area contributed by atoms with Gasteiger partial charge in [-0.3, -0.25) is 0 Å². The number of hydrogen-bond acceptors (Lipinski definition) is 8. The quantitative estimate of drug-likeness (QED) is 0.229. The van der Waals surface area contributed by atoms with E-state index in [0.29, 0.717) is 29.7 Å². The summed E-state index contributed by atoms with van der Waals surface area (Å²) in [5.41, 5.74) is 0.959. The number of esters is 2. The Morgan fingerprint density at radius 2 is 1.87 bits per heavy atom. The molecule has 0 heterocycles. The van der Waals surface area contributed by atoms with Crippen molar-refractivity contribution in [3.8, 4) is 11.5 Å². The number of rotatable bonds is 11. The number of methoxy groups -OCH3 is 2. The third-order valence-electron chi connectivity index (χ3n) is 3.89. The van der Waals surface area contributed by atoms with Gasteiger partial charge in [0.15, 0.2) is 11.5 Å². The summed E-state index contributed by atoms with van der Waals surface area (Å²) >= 11 is 0. The van der Waals surface area contributed by atoms with Gasteiger partial charge in [-0.15, -0.1) is 0 Å². The van der Waals surface area contributed by atoms with E-state index in [-0.39, 0.29) is 12.4 Å². The van der Waals surface area contributed by atoms with Crippen LogP contribution in [-0.4, -0.2) is 45.0 Å². The van der Waals surface area contributed by atoms with Crippen LogP contribution in [0.1, 0.15) is 38.7 Å². The highest BCUT2D eigenvalue weighted by atomic mass is 16.7. The maximum Gasteiger partial charge on any atom is 0.514 e. The van der Waals surface area contributed by atoms with Crippen molar-refractivity contribution in [2.75, 3.05) is 20.8 Å². The van der Waals surface area contributed by atoms with E-state index in [1.165, 1.54) is 26.4 Å². The predicted octanol–water partition coefficient (Wildman–Crippen LogP) is 4.07. The van der Waals surface area contributed by atoms with Crippen molar-refractivity contribution in [1.29, 1.82) is 0 Å². The standard InChI is InChI=1S/C22H28O8/c1-6-7-17(12-13-28-21(24)15(2)3)29-22(25)30-18-10-8-16(14-19(18)26-4)9-11-20(23)27-5/h8-11,14,17H,2,6-7,12-13H2,1,3-5H3/b11-9+. The first-order valence-corrected chi connectivity index (χ1v) is 9.45. The molecule has 8 heteroatoms. The van der Waals surface area contributed by atoms with Gasteiger partial charge in [0, 0.05) is 18.1 Å². The Kier molecular flexibility index (Phi) is 10.7. The minimum atomic E-state index is -0.893. The Bertz CT molecular complexity index is 781. The van der Waals surface area contributed by atoms with Gasteiger partial charge in [-0.05, 0) is 37.1 Å². The second-order valence-corrected chi connectivity index (χ2v) is 6.35. The van der Waals surface area contributed by atoms with Gasteiger partial charge in [0.2, 0.25) is 0 Å². The van der Waals surface area contributed by atoms with E-state index >= 15 is 0 Å². The first-order valence-electron chi connectivity index (χ1n) is 9.45. The molecule has 0 saturated carbocycles. The Labute approximate surface area is 176 Å². The van der Waals surface area contributed by atoms with Gasteiger partial charge in [-0.25, -0.2) is 14.4 Å². The van der Waals surface area contributed by atoms with Crippen LogP contribution in [0.3, 0.4) is 0 Å². The highest BCUT2D eigenvalue weighted by molar-refractivity contribution is 5.87. The van der Waals surface area contributed by atoms with Gasteiger partial charge in [-0.1, -0.05) is 26.0 Å². The smallest absolute Gasteiger partial charge is 0.493 e. The van der Waals surface area contributed by atoms with Gasteiger partial charge in [0.1, 0.15) is 6.10 Å². The summed E-state index contributed by atoms with van der Waals surface area (Å²) in [5, 5.41) is 0. The lowest BCUT2D eigenvalue weighted by Crippen LogP contribution is -2.23. The molecule has 0 aliphatic carbocycles. The third kappa shape index (κ3) is 8.81. The Morgan fingerprint density at radius 3 is 2.47 bits per heavy atom. The molecular weight excluding hydrogens is 392 g/mol. The molecule has 1 atom stereocenters. The van der Waals surface area contributed by atoms with Crippen LogP contribution in [0.25, 0.3) is 6.08 Å². The number of benzene rings is 1. The van der Waals surface area contributed by atoms with Gasteiger partial charge < -0.3 is 23.7 Å². The van der Waals surface area contributed by atoms with Gasteiger partial charge >= 0.3 is 18.1 Å². The highest BCUT2D eigenvalue weighted by Crippen LogP contribution is 2.29. The van der Waals surface area contributed by atoms with Crippen molar-refractivity contribution >= 4 is 24.2 Å². The van der Waals surface area contributed by atoms with E-state index in [0.717, 1.165) is 6.42 Å². The fourth-order valence-electron chi connectivity index (χ4n) is 2.34. The lowest BCUT2D eigenvalue weighted by molar-refractivity contribution is -0.139. The summed E-state index contributed by atoms with van der Waals surface area (Å²) in [6, 6.07) is 4.77. The van der Waals surface area contributed by atoms with Crippen molar-refractivity contribution in [3.05, 3.63) is 42.0 Å². The minimum Gasteiger partial charge on any atom is -0.493 e. The number of ether oxygens (including phenoxy) is 5. The predicted molar refractivity (Wildman–Crippen MR) is 110 cm³/mol. The van der Waals surface area contributed by atoms with E-state index in [2.05, 4.69) is 11.3 Å². The summed E-state index contributed by atoms with van der Waals surface area (Å²) in [7, 11) is 2.71. The fourth-order valence-corrected chi connectivity index (χ4v) is 2.34. The molecule has 0 fully saturated rings. The SMILES string of the molecule is C=C(C)C(=O)OCCC(CCC)OC(=O)Oc1ccc(/C=C/C(=O)OC)cc1OC. The van der Waals surface area contributed by atoms with Crippen molar-refractivity contribution in [3.63, 3.8) is 0 Å². The molecule has 30 heavy (non-hydrogen) atoms. The molecule has 0 spiro atoms. The fraction of sp³-hybridized carbons (Fsp3) is 0.409. The molecule has 1 aromatic rings. The summed E-state index contributed by atoms with van der Waals surface area (Å²) in [4.78, 5) is 34.9. The van der Waals surface area contributed by atoms with Crippen molar-refractivity contribution < 1.29 is 38.1 Å². The van der Waals surface area contributed by atoms with Gasteiger partial charge in [0.05, 0.1) is 20.8 Å². The van der Waals surface area contributed by atoms with E-state index < -0.39 is 24.2 Å². The second kappa shape index (κ2) is 13.0. The van der Waals surface area contributed by atoms with Gasteiger partial charge in [-0.2, -0.15) is 0 Å². The lowest BCUT2D eigenvalue weighted by Gasteiger charge is -2.17. The summed E-state index contributed by atoms with van der Waals surface area (Å²) in [6.07, 6.45) is 3.16. The average Bonchev–Trinajstić information content (AvgIpc) is 2.72. The van der Waals surface area contributed by atoms with Crippen LogP contribution in [-0.2, 0) is 23.8 Å². The average molecular weight is 420 g/mol. The summed E-state index contributed by atoms with van der Waals surface area (Å²) in [6.45, 7) is 7.13. The van der Waals surface area contributed by atoms with E-state index in [9.17, 15) is 14.4 Å². The highest BCUT2D eigenvalue weighted by Gasteiger charge is 2.18. The van der Waals surface area contributed by atoms with Crippen molar-refractivity contribution in [2.24, 2.45) is 0 Å². The molecule has 0 radical (unpaired) electrons. The van der Waals surface area contributed by atoms with Crippen LogP contribution in [0.2, 0.25) is 0 Å². The van der Waals surface area contributed by atoms with Crippen LogP contribution in [0, 0.1) is 0 Å². The zero-order valence-electron chi connectivity index (χ0n) is 17.8. The monoisotopic (exact) mass is 420 g/mol. The van der Waals surface area contributed by atoms with Crippen LogP contribution in [0.15, 0.2) is 36.4 Å². The molecule has 0 bridgehead atoms. The van der Waals surface area contributed by atoms with E-state index in [1.807, 2.05) is 6.92 Å². The molecule has 1 rings (SSSR count). The Hall–Kier alpha value is -3.29. The molecule has 0 aromatic heterocycles. The maximum absolute atomic E-state index is 12.2. The molecule has 1 unspecified atom stereocenters. The number of carbonyl (C=O) groups is 3. The molecule has 0 amide bonds. The molecule has 0 aliphatic rings. The molecule has 8 nitrogen and oxygen atoms in total. The first-order chi connectivity index (χ1) is 14.3. The van der Waals surface area contributed by atoms with E-state index in [1.54, 1.807) is 25.1 Å². The van der Waals surface area contributed by atoms with Crippen molar-refractivity contribution in [1.82, 2.24) is 0 Å². The lowest BCUT2D eigenvalue weighted by atomic mass is 10.1. The molecule has 0 saturated heterocycles. The molecule has 164 valence electrons. The largest absolute Gasteiger partial charge is 0.514 e. The maximum atomic E-state index is 12.2. The summed E-state index contributed by atoms with van der Waals surface area (Å²) in [5.74, 6) is -0.518. The molecule has 0 N–H and O–H groups in total. The van der Waals surface area contributed by atoms with E-state index in [4.69, 9.17) is 18.9 Å². The molecule has 1 aromatic carbocycles.